The fraction of sp³-hybridized carbons (Fsp3) is 0.0943. The Morgan fingerprint density at radius 2 is 0.891 bits per heavy atom. The van der Waals surface area contributed by atoms with E-state index in [0.29, 0.717) is 0 Å². The van der Waals surface area contributed by atoms with Crippen molar-refractivity contribution in [2.45, 2.75) is 24.7 Å². The van der Waals surface area contributed by atoms with Crippen LogP contribution in [0.25, 0.3) is 33.4 Å². The lowest BCUT2D eigenvalue weighted by atomic mass is 9.67. The summed E-state index contributed by atoms with van der Waals surface area (Å²) in [6.45, 7) is 4.72. The molecule has 2 aliphatic carbocycles. The molecule has 0 saturated carbocycles. The van der Waals surface area contributed by atoms with Gasteiger partial charge in [0.05, 0.1) is 12.5 Å². The van der Waals surface area contributed by atoms with Crippen molar-refractivity contribution >= 4 is 17.1 Å². The van der Waals surface area contributed by atoms with Gasteiger partial charge in [-0.2, -0.15) is 0 Å². The van der Waals surface area contributed by atoms with E-state index in [9.17, 15) is 0 Å². The molecule has 10 rings (SSSR count). The van der Waals surface area contributed by atoms with Gasteiger partial charge >= 0.3 is 0 Å². The molecule has 55 heavy (non-hydrogen) atoms. The summed E-state index contributed by atoms with van der Waals surface area (Å²) in [5.41, 5.74) is 18.3. The number of hydrogen-bond acceptors (Lipinski definition) is 2. The Bertz CT molecular complexity index is 2650. The Morgan fingerprint density at radius 1 is 0.400 bits per heavy atom. The predicted molar refractivity (Wildman–Crippen MR) is 228 cm³/mol. The highest BCUT2D eigenvalue weighted by Crippen LogP contribution is 2.57. The first-order chi connectivity index (χ1) is 27.0. The minimum atomic E-state index is -0.488. The van der Waals surface area contributed by atoms with Crippen LogP contribution < -0.4 is 9.64 Å². The summed E-state index contributed by atoms with van der Waals surface area (Å²) in [5.74, 6) is 0.831. The van der Waals surface area contributed by atoms with Gasteiger partial charge < -0.3 is 9.64 Å². The summed E-state index contributed by atoms with van der Waals surface area (Å²) in [7, 11) is 1.72. The molecule has 0 saturated heterocycles. The average molecular weight is 708 g/mol. The highest BCUT2D eigenvalue weighted by molar-refractivity contribution is 5.91. The van der Waals surface area contributed by atoms with Gasteiger partial charge in [0.15, 0.2) is 0 Å². The van der Waals surface area contributed by atoms with Crippen LogP contribution in [0.1, 0.15) is 47.2 Å². The molecule has 0 N–H and O–H groups in total. The van der Waals surface area contributed by atoms with E-state index in [1.807, 2.05) is 12.1 Å². The molecule has 0 spiro atoms. The van der Waals surface area contributed by atoms with Crippen molar-refractivity contribution < 1.29 is 4.74 Å². The number of methoxy groups -OCH3 is 1. The lowest BCUT2D eigenvalue weighted by molar-refractivity contribution is 0.415. The van der Waals surface area contributed by atoms with E-state index in [2.05, 4.69) is 201 Å². The zero-order valence-corrected chi connectivity index (χ0v) is 31.3. The summed E-state index contributed by atoms with van der Waals surface area (Å²) >= 11 is 0. The molecule has 8 aromatic rings. The Balaban J connectivity index is 1.15. The zero-order chi connectivity index (χ0) is 37.1. The minimum absolute atomic E-state index is 0.0949. The summed E-state index contributed by atoms with van der Waals surface area (Å²) in [6.07, 6.45) is 0. The van der Waals surface area contributed by atoms with Gasteiger partial charge in [-0.3, -0.25) is 0 Å². The lowest BCUT2D eigenvalue weighted by Crippen LogP contribution is -2.28. The number of benzene rings is 8. The quantitative estimate of drug-likeness (QED) is 0.163. The van der Waals surface area contributed by atoms with E-state index < -0.39 is 5.41 Å². The second-order valence-corrected chi connectivity index (χ2v) is 15.2. The Hall–Kier alpha value is -6.64. The topological polar surface area (TPSA) is 12.5 Å². The van der Waals surface area contributed by atoms with Gasteiger partial charge in [-0.25, -0.2) is 0 Å². The van der Waals surface area contributed by atoms with Crippen molar-refractivity contribution in [1.29, 1.82) is 0 Å². The van der Waals surface area contributed by atoms with Gasteiger partial charge in [-0.1, -0.05) is 159 Å². The van der Waals surface area contributed by atoms with Crippen LogP contribution in [0.5, 0.6) is 5.75 Å². The van der Waals surface area contributed by atoms with Crippen molar-refractivity contribution in [3.05, 3.63) is 228 Å². The minimum Gasteiger partial charge on any atom is -0.497 e. The third kappa shape index (κ3) is 4.95. The van der Waals surface area contributed by atoms with Crippen molar-refractivity contribution in [2.75, 3.05) is 12.0 Å². The molecular formula is C53H41NO. The number of anilines is 3. The third-order valence-corrected chi connectivity index (χ3v) is 12.0. The van der Waals surface area contributed by atoms with Crippen LogP contribution in [0, 0.1) is 0 Å². The molecule has 0 atom stereocenters. The molecule has 8 aromatic carbocycles. The van der Waals surface area contributed by atoms with Crippen LogP contribution in [0.4, 0.5) is 17.1 Å². The van der Waals surface area contributed by atoms with Crippen LogP contribution in [0.2, 0.25) is 0 Å². The van der Waals surface area contributed by atoms with E-state index in [4.69, 9.17) is 4.74 Å². The molecule has 0 fully saturated rings. The fourth-order valence-electron chi connectivity index (χ4n) is 9.63. The molecule has 2 heteroatoms. The molecular weight excluding hydrogens is 667 g/mol. The highest BCUT2D eigenvalue weighted by Gasteiger charge is 2.46. The molecule has 0 bridgehead atoms. The molecule has 264 valence electrons. The Kier molecular flexibility index (Phi) is 7.64. The SMILES string of the molecule is COc1ccc(N(c2ccc(-c3cccc4c3C(C)(C)c3ccccc3-4)cc2)c2ccc3c(c2)C(c2ccccc2)(c2ccccc2)c2ccccc2-3)cc1. The van der Waals surface area contributed by atoms with E-state index in [1.54, 1.807) is 7.11 Å². The van der Waals surface area contributed by atoms with E-state index in [0.717, 1.165) is 22.8 Å². The van der Waals surface area contributed by atoms with Gasteiger partial charge in [0.25, 0.3) is 0 Å². The first-order valence-corrected chi connectivity index (χ1v) is 19.1. The lowest BCUT2D eigenvalue weighted by Gasteiger charge is -2.35. The van der Waals surface area contributed by atoms with Crippen LogP contribution in [0.15, 0.2) is 194 Å². The van der Waals surface area contributed by atoms with Gasteiger partial charge in [-0.05, 0) is 115 Å². The standard InChI is InChI=1S/C53H41NO/c1-52(2)48-23-12-10-20-45(48)47-22-14-21-43(51(47)52)36-25-27-39(28-26-36)54(40-29-32-42(55-3)33-30-40)41-31-34-46-44-19-11-13-24-49(44)53(50(46)35-41,37-15-6-4-7-16-37)38-17-8-5-9-18-38/h4-35H,1-3H3. The fourth-order valence-corrected chi connectivity index (χ4v) is 9.63. The van der Waals surface area contributed by atoms with Crippen molar-refractivity contribution in [2.24, 2.45) is 0 Å². The monoisotopic (exact) mass is 707 g/mol. The highest BCUT2D eigenvalue weighted by atomic mass is 16.5. The second-order valence-electron chi connectivity index (χ2n) is 15.2. The summed E-state index contributed by atoms with van der Waals surface area (Å²) in [6, 6.07) is 71.2. The summed E-state index contributed by atoms with van der Waals surface area (Å²) in [5, 5.41) is 0. The van der Waals surface area contributed by atoms with Crippen molar-refractivity contribution in [3.63, 3.8) is 0 Å². The van der Waals surface area contributed by atoms with Gasteiger partial charge in [0.2, 0.25) is 0 Å². The number of hydrogen-bond donors (Lipinski definition) is 0. The number of rotatable bonds is 7. The van der Waals surface area contributed by atoms with E-state index >= 15 is 0 Å². The molecule has 0 radical (unpaired) electrons. The van der Waals surface area contributed by atoms with E-state index in [1.165, 1.54) is 66.8 Å². The summed E-state index contributed by atoms with van der Waals surface area (Å²) in [4.78, 5) is 2.38. The molecule has 0 unspecified atom stereocenters. The Morgan fingerprint density at radius 3 is 1.53 bits per heavy atom. The van der Waals surface area contributed by atoms with E-state index in [-0.39, 0.29) is 5.41 Å². The molecule has 2 nitrogen and oxygen atoms in total. The maximum Gasteiger partial charge on any atom is 0.119 e. The second kappa shape index (κ2) is 12.7. The first-order valence-electron chi connectivity index (χ1n) is 19.1. The van der Waals surface area contributed by atoms with Crippen LogP contribution in [0.3, 0.4) is 0 Å². The van der Waals surface area contributed by atoms with Crippen molar-refractivity contribution in [3.8, 4) is 39.1 Å². The smallest absolute Gasteiger partial charge is 0.119 e. The predicted octanol–water partition coefficient (Wildman–Crippen LogP) is 13.5. The maximum absolute atomic E-state index is 5.60. The normalized spacial score (nSPS) is 14.0. The largest absolute Gasteiger partial charge is 0.497 e. The van der Waals surface area contributed by atoms with Gasteiger partial charge in [0, 0.05) is 22.5 Å². The summed E-state index contributed by atoms with van der Waals surface area (Å²) < 4.78 is 5.60. The number of ether oxygens (including phenoxy) is 1. The van der Waals surface area contributed by atoms with Crippen molar-refractivity contribution in [1.82, 2.24) is 0 Å². The van der Waals surface area contributed by atoms with Crippen LogP contribution in [-0.2, 0) is 10.8 Å². The number of fused-ring (bicyclic) bond motifs is 6. The zero-order valence-electron chi connectivity index (χ0n) is 31.3. The Labute approximate surface area is 324 Å². The number of nitrogens with zero attached hydrogens (tertiary/aromatic N) is 1. The third-order valence-electron chi connectivity index (χ3n) is 12.0. The van der Waals surface area contributed by atoms with Crippen LogP contribution in [-0.4, -0.2) is 7.11 Å². The molecule has 0 aromatic heterocycles. The van der Waals surface area contributed by atoms with Crippen LogP contribution >= 0.6 is 0 Å². The first kappa shape index (κ1) is 33.0. The molecule has 2 aliphatic rings. The van der Waals surface area contributed by atoms with Gasteiger partial charge in [-0.15, -0.1) is 0 Å². The molecule has 0 amide bonds. The van der Waals surface area contributed by atoms with Gasteiger partial charge in [0.1, 0.15) is 5.75 Å². The molecule has 0 heterocycles. The maximum atomic E-state index is 5.60. The average Bonchev–Trinajstić information content (AvgIpc) is 3.68. The molecule has 0 aliphatic heterocycles.